The molecule has 1 atom stereocenters. The van der Waals surface area contributed by atoms with E-state index < -0.39 is 11.6 Å². The third-order valence-corrected chi connectivity index (χ3v) is 5.02. The van der Waals surface area contributed by atoms with E-state index in [9.17, 15) is 8.78 Å². The number of thioether (sulfide) groups is 1. The molecule has 0 aliphatic carbocycles. The van der Waals surface area contributed by atoms with Crippen LogP contribution >= 0.6 is 27.7 Å². The van der Waals surface area contributed by atoms with Crippen molar-refractivity contribution in [3.63, 3.8) is 0 Å². The van der Waals surface area contributed by atoms with Gasteiger partial charge in [-0.25, -0.2) is 8.78 Å². The molecule has 0 saturated carbocycles. The van der Waals surface area contributed by atoms with Gasteiger partial charge in [0.15, 0.2) is 11.6 Å². The van der Waals surface area contributed by atoms with Crippen molar-refractivity contribution in [2.75, 3.05) is 5.75 Å². The summed E-state index contributed by atoms with van der Waals surface area (Å²) in [7, 11) is 0. The topological polar surface area (TPSA) is 26.0 Å². The number of rotatable bonds is 5. The molecule has 2 N–H and O–H groups in total. The molecule has 2 rings (SSSR count). The van der Waals surface area contributed by atoms with Crippen LogP contribution in [0.5, 0.6) is 0 Å². The second kappa shape index (κ2) is 7.20. The number of hydrogen-bond acceptors (Lipinski definition) is 2. The Kier molecular flexibility index (Phi) is 5.57. The van der Waals surface area contributed by atoms with E-state index in [1.54, 1.807) is 17.8 Å². The standard InChI is InChI=1S/C15H14BrF2NS/c16-12-5-1-2-7-14(12)20-9-11(19)8-10-4-3-6-13(17)15(10)18/h1-7,11H,8-9,19H2. The lowest BCUT2D eigenvalue weighted by Gasteiger charge is -2.12. The molecule has 5 heteroatoms. The third kappa shape index (κ3) is 4.04. The second-order valence-corrected chi connectivity index (χ2v) is 6.33. The monoisotopic (exact) mass is 357 g/mol. The minimum absolute atomic E-state index is 0.233. The predicted octanol–water partition coefficient (Wildman–Crippen LogP) is 4.39. The van der Waals surface area contributed by atoms with Gasteiger partial charge >= 0.3 is 0 Å². The van der Waals surface area contributed by atoms with Gasteiger partial charge < -0.3 is 5.73 Å². The largest absolute Gasteiger partial charge is 0.327 e. The van der Waals surface area contributed by atoms with Crippen molar-refractivity contribution in [1.29, 1.82) is 0 Å². The molecule has 0 heterocycles. The fourth-order valence-electron chi connectivity index (χ4n) is 1.81. The molecule has 0 fully saturated rings. The van der Waals surface area contributed by atoms with Gasteiger partial charge in [-0.3, -0.25) is 0 Å². The number of halogens is 3. The average molecular weight is 358 g/mol. The van der Waals surface area contributed by atoms with Crippen molar-refractivity contribution in [2.45, 2.75) is 17.4 Å². The van der Waals surface area contributed by atoms with Crippen LogP contribution in [0.4, 0.5) is 8.78 Å². The van der Waals surface area contributed by atoms with Gasteiger partial charge in [0, 0.05) is 21.2 Å². The highest BCUT2D eigenvalue weighted by Gasteiger charge is 2.12. The normalized spacial score (nSPS) is 12.4. The summed E-state index contributed by atoms with van der Waals surface area (Å²) in [6, 6.07) is 11.8. The van der Waals surface area contributed by atoms with E-state index >= 15 is 0 Å². The lowest BCUT2D eigenvalue weighted by atomic mass is 10.1. The van der Waals surface area contributed by atoms with E-state index in [-0.39, 0.29) is 6.04 Å². The summed E-state index contributed by atoms with van der Waals surface area (Å²) in [5, 5.41) is 0. The van der Waals surface area contributed by atoms with Crippen LogP contribution in [0.3, 0.4) is 0 Å². The average Bonchev–Trinajstić information content (AvgIpc) is 2.43. The van der Waals surface area contributed by atoms with E-state index in [4.69, 9.17) is 5.73 Å². The number of hydrogen-bond donors (Lipinski definition) is 1. The van der Waals surface area contributed by atoms with Crippen LogP contribution in [-0.2, 0) is 6.42 Å². The molecule has 0 aliphatic rings. The maximum absolute atomic E-state index is 13.5. The maximum atomic E-state index is 13.5. The first-order valence-electron chi connectivity index (χ1n) is 6.13. The molecule has 0 bridgehead atoms. The molecule has 20 heavy (non-hydrogen) atoms. The van der Waals surface area contributed by atoms with Gasteiger partial charge in [0.1, 0.15) is 0 Å². The van der Waals surface area contributed by atoms with Crippen LogP contribution in [0, 0.1) is 11.6 Å². The van der Waals surface area contributed by atoms with Crippen molar-refractivity contribution >= 4 is 27.7 Å². The zero-order valence-corrected chi connectivity index (χ0v) is 13.1. The van der Waals surface area contributed by atoms with E-state index in [0.717, 1.165) is 15.4 Å². The second-order valence-electron chi connectivity index (χ2n) is 4.42. The van der Waals surface area contributed by atoms with Crippen LogP contribution in [0.15, 0.2) is 51.8 Å². The third-order valence-electron chi connectivity index (χ3n) is 2.80. The smallest absolute Gasteiger partial charge is 0.162 e. The molecule has 0 amide bonds. The van der Waals surface area contributed by atoms with Gasteiger partial charge in [-0.05, 0) is 46.1 Å². The molecule has 2 aromatic carbocycles. The van der Waals surface area contributed by atoms with E-state index in [1.807, 2.05) is 24.3 Å². The van der Waals surface area contributed by atoms with Gasteiger partial charge in [0.2, 0.25) is 0 Å². The summed E-state index contributed by atoms with van der Waals surface area (Å²) in [6.45, 7) is 0. The number of nitrogens with two attached hydrogens (primary N) is 1. The van der Waals surface area contributed by atoms with Gasteiger partial charge in [-0.15, -0.1) is 11.8 Å². The first-order valence-corrected chi connectivity index (χ1v) is 7.91. The van der Waals surface area contributed by atoms with Crippen molar-refractivity contribution in [3.8, 4) is 0 Å². The Balaban J connectivity index is 1.94. The van der Waals surface area contributed by atoms with E-state index in [1.165, 1.54) is 6.07 Å². The van der Waals surface area contributed by atoms with Gasteiger partial charge in [0.25, 0.3) is 0 Å². The van der Waals surface area contributed by atoms with Crippen LogP contribution in [0.1, 0.15) is 5.56 Å². The fraction of sp³-hybridized carbons (Fsp3) is 0.200. The zero-order chi connectivity index (χ0) is 14.5. The number of benzene rings is 2. The quantitative estimate of drug-likeness (QED) is 0.803. The molecule has 0 aliphatic heterocycles. The summed E-state index contributed by atoms with van der Waals surface area (Å²) in [4.78, 5) is 1.09. The Morgan fingerprint density at radius 2 is 1.85 bits per heavy atom. The van der Waals surface area contributed by atoms with Crippen LogP contribution < -0.4 is 5.73 Å². The maximum Gasteiger partial charge on any atom is 0.162 e. The lowest BCUT2D eigenvalue weighted by Crippen LogP contribution is -2.26. The van der Waals surface area contributed by atoms with Crippen molar-refractivity contribution in [1.82, 2.24) is 0 Å². The molecular weight excluding hydrogens is 344 g/mol. The van der Waals surface area contributed by atoms with E-state index in [2.05, 4.69) is 15.9 Å². The van der Waals surface area contributed by atoms with Crippen molar-refractivity contribution < 1.29 is 8.78 Å². The molecule has 0 radical (unpaired) electrons. The summed E-state index contributed by atoms with van der Waals surface area (Å²) in [6.07, 6.45) is 0.320. The fourth-order valence-corrected chi connectivity index (χ4v) is 3.33. The van der Waals surface area contributed by atoms with Gasteiger partial charge in [-0.1, -0.05) is 24.3 Å². The van der Waals surface area contributed by atoms with Crippen LogP contribution in [0.2, 0.25) is 0 Å². The molecule has 2 aromatic rings. The van der Waals surface area contributed by atoms with Crippen LogP contribution in [0.25, 0.3) is 0 Å². The molecular formula is C15H14BrF2NS. The minimum atomic E-state index is -0.826. The molecule has 0 saturated heterocycles. The van der Waals surface area contributed by atoms with Crippen molar-refractivity contribution in [3.05, 3.63) is 64.1 Å². The highest BCUT2D eigenvalue weighted by Crippen LogP contribution is 2.27. The van der Waals surface area contributed by atoms with E-state index in [0.29, 0.717) is 17.7 Å². The van der Waals surface area contributed by atoms with Gasteiger partial charge in [-0.2, -0.15) is 0 Å². The Hall–Kier alpha value is -0.910. The summed E-state index contributed by atoms with van der Waals surface area (Å²) >= 11 is 5.06. The highest BCUT2D eigenvalue weighted by atomic mass is 79.9. The lowest BCUT2D eigenvalue weighted by molar-refractivity contribution is 0.495. The predicted molar refractivity (Wildman–Crippen MR) is 82.9 cm³/mol. The Morgan fingerprint density at radius 3 is 2.60 bits per heavy atom. The summed E-state index contributed by atoms with van der Waals surface area (Å²) in [5.41, 5.74) is 6.32. The van der Waals surface area contributed by atoms with Crippen LogP contribution in [-0.4, -0.2) is 11.8 Å². The Bertz CT molecular complexity index is 592. The first-order chi connectivity index (χ1) is 9.58. The molecule has 0 aromatic heterocycles. The molecule has 1 unspecified atom stereocenters. The highest BCUT2D eigenvalue weighted by molar-refractivity contribution is 9.10. The Morgan fingerprint density at radius 1 is 1.10 bits per heavy atom. The summed E-state index contributed by atoms with van der Waals surface area (Å²) in [5.74, 6) is -0.986. The zero-order valence-electron chi connectivity index (χ0n) is 10.7. The molecule has 0 spiro atoms. The SMILES string of the molecule is NC(CSc1ccccc1Br)Cc1cccc(F)c1F. The molecule has 106 valence electrons. The van der Waals surface area contributed by atoms with Crippen molar-refractivity contribution in [2.24, 2.45) is 5.73 Å². The minimum Gasteiger partial charge on any atom is -0.327 e. The first kappa shape index (κ1) is 15.5. The Labute approximate surface area is 129 Å². The summed E-state index contributed by atoms with van der Waals surface area (Å²) < 4.78 is 27.7. The van der Waals surface area contributed by atoms with Gasteiger partial charge in [0.05, 0.1) is 0 Å². The molecule has 1 nitrogen and oxygen atoms in total.